The molecule has 0 spiro atoms. The summed E-state index contributed by atoms with van der Waals surface area (Å²) in [4.78, 5) is 0. The Morgan fingerprint density at radius 2 is 2.14 bits per heavy atom. The van der Waals surface area contributed by atoms with Gasteiger partial charge in [0.2, 0.25) is 0 Å². The average molecular weight is 301 g/mol. The Kier molecular flexibility index (Phi) is 4.50. The molecule has 0 amide bonds. The van der Waals surface area contributed by atoms with Gasteiger partial charge < -0.3 is 19.6 Å². The van der Waals surface area contributed by atoms with Crippen LogP contribution in [-0.4, -0.2) is 18.3 Å². The quantitative estimate of drug-likeness (QED) is 0.860. The zero-order valence-electron chi connectivity index (χ0n) is 13.1. The standard InChI is InChI=1S/C18H23NO3/c1-12(2)18(19-11-15(20)17-4-3-8-21-17)14-5-6-16-13(10-14)7-9-22-16/h3-6,8,10,12,15,18-20H,7,9,11H2,1-2H3/t15-,18+/m0/s1. The van der Waals surface area contributed by atoms with E-state index in [1.165, 1.54) is 11.1 Å². The Bertz CT molecular complexity index is 607. The maximum absolute atomic E-state index is 10.2. The van der Waals surface area contributed by atoms with Crippen LogP contribution in [0.25, 0.3) is 0 Å². The van der Waals surface area contributed by atoms with Crippen molar-refractivity contribution in [3.63, 3.8) is 0 Å². The SMILES string of the molecule is CC(C)[C@@H](NC[C@H](O)c1ccco1)c1ccc2c(c1)CCO2. The summed E-state index contributed by atoms with van der Waals surface area (Å²) >= 11 is 0. The number of aliphatic hydroxyl groups is 1. The molecule has 1 aliphatic heterocycles. The highest BCUT2D eigenvalue weighted by molar-refractivity contribution is 5.41. The molecule has 2 atom stereocenters. The number of furan rings is 1. The van der Waals surface area contributed by atoms with Crippen molar-refractivity contribution in [3.8, 4) is 5.75 Å². The van der Waals surface area contributed by atoms with E-state index in [1.54, 1.807) is 18.4 Å². The van der Waals surface area contributed by atoms with Crippen molar-refractivity contribution < 1.29 is 14.3 Å². The topological polar surface area (TPSA) is 54.6 Å². The van der Waals surface area contributed by atoms with Crippen LogP contribution < -0.4 is 10.1 Å². The van der Waals surface area contributed by atoms with Crippen molar-refractivity contribution in [1.29, 1.82) is 0 Å². The van der Waals surface area contributed by atoms with Gasteiger partial charge in [0, 0.05) is 19.0 Å². The Morgan fingerprint density at radius 3 is 2.86 bits per heavy atom. The summed E-state index contributed by atoms with van der Waals surface area (Å²) in [6.45, 7) is 5.60. The van der Waals surface area contributed by atoms with Crippen LogP contribution in [0.15, 0.2) is 41.0 Å². The van der Waals surface area contributed by atoms with Crippen LogP contribution in [0, 0.1) is 5.92 Å². The summed E-state index contributed by atoms with van der Waals surface area (Å²) in [6, 6.07) is 10.2. The molecule has 0 radical (unpaired) electrons. The number of benzene rings is 1. The molecule has 3 rings (SSSR count). The molecule has 4 nitrogen and oxygen atoms in total. The highest BCUT2D eigenvalue weighted by atomic mass is 16.5. The van der Waals surface area contributed by atoms with Crippen molar-refractivity contribution >= 4 is 0 Å². The van der Waals surface area contributed by atoms with Gasteiger partial charge in [-0.05, 0) is 35.2 Å². The Morgan fingerprint density at radius 1 is 1.27 bits per heavy atom. The van der Waals surface area contributed by atoms with Crippen LogP contribution in [-0.2, 0) is 6.42 Å². The van der Waals surface area contributed by atoms with Gasteiger partial charge in [0.1, 0.15) is 17.6 Å². The molecule has 0 aliphatic carbocycles. The molecule has 1 aromatic carbocycles. The van der Waals surface area contributed by atoms with E-state index in [0.29, 0.717) is 18.2 Å². The van der Waals surface area contributed by atoms with Gasteiger partial charge >= 0.3 is 0 Å². The third-order valence-corrected chi connectivity index (χ3v) is 4.14. The van der Waals surface area contributed by atoms with Crippen LogP contribution >= 0.6 is 0 Å². The second-order valence-corrected chi connectivity index (χ2v) is 6.13. The van der Waals surface area contributed by atoms with Crippen LogP contribution in [0.3, 0.4) is 0 Å². The molecule has 1 aromatic heterocycles. The summed E-state index contributed by atoms with van der Waals surface area (Å²) in [5.41, 5.74) is 2.52. The fraction of sp³-hybridized carbons (Fsp3) is 0.444. The smallest absolute Gasteiger partial charge is 0.133 e. The molecular weight excluding hydrogens is 278 g/mol. The van der Waals surface area contributed by atoms with Crippen molar-refractivity contribution in [1.82, 2.24) is 5.32 Å². The minimum atomic E-state index is -0.631. The van der Waals surface area contributed by atoms with Gasteiger partial charge in [-0.2, -0.15) is 0 Å². The van der Waals surface area contributed by atoms with Gasteiger partial charge in [0.25, 0.3) is 0 Å². The average Bonchev–Trinajstić information content (AvgIpc) is 3.17. The Labute approximate surface area is 131 Å². The molecule has 0 saturated carbocycles. The van der Waals surface area contributed by atoms with E-state index in [4.69, 9.17) is 9.15 Å². The van der Waals surface area contributed by atoms with E-state index in [1.807, 2.05) is 0 Å². The molecule has 0 unspecified atom stereocenters. The fourth-order valence-corrected chi connectivity index (χ4v) is 2.96. The van der Waals surface area contributed by atoms with Crippen molar-refractivity contribution in [3.05, 3.63) is 53.5 Å². The van der Waals surface area contributed by atoms with Crippen LogP contribution in [0.5, 0.6) is 5.75 Å². The van der Waals surface area contributed by atoms with Crippen LogP contribution in [0.1, 0.15) is 42.9 Å². The van der Waals surface area contributed by atoms with Gasteiger partial charge in [-0.15, -0.1) is 0 Å². The minimum absolute atomic E-state index is 0.190. The lowest BCUT2D eigenvalue weighted by atomic mass is 9.94. The molecule has 22 heavy (non-hydrogen) atoms. The lowest BCUT2D eigenvalue weighted by Gasteiger charge is -2.24. The summed E-state index contributed by atoms with van der Waals surface area (Å²) < 4.78 is 10.8. The number of aliphatic hydroxyl groups excluding tert-OH is 1. The van der Waals surface area contributed by atoms with Crippen molar-refractivity contribution in [2.75, 3.05) is 13.2 Å². The number of rotatable bonds is 6. The molecule has 0 fully saturated rings. The van der Waals surface area contributed by atoms with Gasteiger partial charge in [-0.1, -0.05) is 26.0 Å². The largest absolute Gasteiger partial charge is 0.493 e. The monoisotopic (exact) mass is 301 g/mol. The highest BCUT2D eigenvalue weighted by Crippen LogP contribution is 2.30. The van der Waals surface area contributed by atoms with Crippen LogP contribution in [0.4, 0.5) is 0 Å². The summed E-state index contributed by atoms with van der Waals surface area (Å²) in [5.74, 6) is 2.02. The summed E-state index contributed by atoms with van der Waals surface area (Å²) in [5, 5.41) is 13.6. The number of hydrogen-bond donors (Lipinski definition) is 2. The predicted molar refractivity (Wildman–Crippen MR) is 84.9 cm³/mol. The molecule has 1 aliphatic rings. The van der Waals surface area contributed by atoms with E-state index in [2.05, 4.69) is 37.4 Å². The van der Waals surface area contributed by atoms with E-state index in [9.17, 15) is 5.11 Å². The Hall–Kier alpha value is -1.78. The first-order chi connectivity index (χ1) is 10.6. The molecule has 118 valence electrons. The lowest BCUT2D eigenvalue weighted by molar-refractivity contribution is 0.140. The first-order valence-corrected chi connectivity index (χ1v) is 7.85. The maximum atomic E-state index is 10.2. The number of fused-ring (bicyclic) bond motifs is 1. The van der Waals surface area contributed by atoms with Gasteiger partial charge in [0.15, 0.2) is 0 Å². The normalized spacial score (nSPS) is 16.4. The van der Waals surface area contributed by atoms with E-state index < -0.39 is 6.10 Å². The summed E-state index contributed by atoms with van der Waals surface area (Å²) in [7, 11) is 0. The third-order valence-electron chi connectivity index (χ3n) is 4.14. The maximum Gasteiger partial charge on any atom is 0.133 e. The summed E-state index contributed by atoms with van der Waals surface area (Å²) in [6.07, 6.45) is 1.93. The molecule has 2 heterocycles. The van der Waals surface area contributed by atoms with E-state index in [-0.39, 0.29) is 6.04 Å². The molecular formula is C18H23NO3. The molecule has 2 aromatic rings. The van der Waals surface area contributed by atoms with Crippen molar-refractivity contribution in [2.24, 2.45) is 5.92 Å². The zero-order chi connectivity index (χ0) is 15.5. The predicted octanol–water partition coefficient (Wildman–Crippen LogP) is 3.23. The number of ether oxygens (including phenoxy) is 1. The Balaban J connectivity index is 1.70. The van der Waals surface area contributed by atoms with E-state index >= 15 is 0 Å². The van der Waals surface area contributed by atoms with Gasteiger partial charge in [-0.3, -0.25) is 0 Å². The molecule has 0 bridgehead atoms. The first-order valence-electron chi connectivity index (χ1n) is 7.85. The van der Waals surface area contributed by atoms with Gasteiger partial charge in [0.05, 0.1) is 12.9 Å². The zero-order valence-corrected chi connectivity index (χ0v) is 13.1. The molecule has 2 N–H and O–H groups in total. The van der Waals surface area contributed by atoms with Crippen molar-refractivity contribution in [2.45, 2.75) is 32.4 Å². The number of hydrogen-bond acceptors (Lipinski definition) is 4. The molecule has 4 heteroatoms. The second kappa shape index (κ2) is 6.55. The van der Waals surface area contributed by atoms with Gasteiger partial charge in [-0.25, -0.2) is 0 Å². The second-order valence-electron chi connectivity index (χ2n) is 6.13. The van der Waals surface area contributed by atoms with E-state index in [0.717, 1.165) is 18.8 Å². The fourth-order valence-electron chi connectivity index (χ4n) is 2.96. The first kappa shape index (κ1) is 15.1. The lowest BCUT2D eigenvalue weighted by Crippen LogP contribution is -2.29. The minimum Gasteiger partial charge on any atom is -0.493 e. The number of nitrogens with one attached hydrogen (secondary N) is 1. The highest BCUT2D eigenvalue weighted by Gasteiger charge is 2.21. The van der Waals surface area contributed by atoms with Crippen LogP contribution in [0.2, 0.25) is 0 Å². The third kappa shape index (κ3) is 3.18. The molecule has 0 saturated heterocycles.